The van der Waals surface area contributed by atoms with E-state index in [2.05, 4.69) is 25.7 Å². The van der Waals surface area contributed by atoms with Gasteiger partial charge in [-0.3, -0.25) is 4.90 Å². The fourth-order valence-corrected chi connectivity index (χ4v) is 3.20. The summed E-state index contributed by atoms with van der Waals surface area (Å²) in [4.78, 5) is 2.51. The summed E-state index contributed by atoms with van der Waals surface area (Å²) in [5.41, 5.74) is 0. The molecule has 92 valence electrons. The van der Waals surface area contributed by atoms with E-state index < -0.39 is 0 Å². The Labute approximate surface area is 100 Å². The number of hydrogen-bond acceptors (Lipinski definition) is 5. The molecular formula is C11H18N6. The van der Waals surface area contributed by atoms with Crippen molar-refractivity contribution >= 4 is 0 Å². The van der Waals surface area contributed by atoms with Gasteiger partial charge in [0, 0.05) is 13.1 Å². The highest BCUT2D eigenvalue weighted by atomic mass is 15.6. The summed E-state index contributed by atoms with van der Waals surface area (Å²) >= 11 is 0. The molecule has 0 aromatic carbocycles. The third-order valence-corrected chi connectivity index (χ3v) is 4.28. The lowest BCUT2D eigenvalue weighted by molar-refractivity contribution is 0.290. The molecule has 0 radical (unpaired) electrons. The number of fused-ring (bicyclic) bond motifs is 1. The third-order valence-electron chi connectivity index (χ3n) is 4.28. The molecule has 4 rings (SSSR count). The maximum absolute atomic E-state index is 4.18. The predicted molar refractivity (Wildman–Crippen MR) is 61.2 cm³/mol. The van der Waals surface area contributed by atoms with Crippen LogP contribution in [0.15, 0.2) is 0 Å². The van der Waals surface area contributed by atoms with Crippen molar-refractivity contribution in [3.8, 4) is 0 Å². The standard InChI is InChI=1S/C11H18N6/c1-2-10(1)17-11(13-14-15-17)7-16-5-8-3-12-4-9(8)6-16/h8-10,12H,1-7H2. The third kappa shape index (κ3) is 1.75. The average molecular weight is 234 g/mol. The number of rotatable bonds is 3. The van der Waals surface area contributed by atoms with E-state index in [0.29, 0.717) is 6.04 Å². The van der Waals surface area contributed by atoms with Crippen LogP contribution in [0.4, 0.5) is 0 Å². The normalized spacial score (nSPS) is 33.2. The Morgan fingerprint density at radius 2 is 1.94 bits per heavy atom. The van der Waals surface area contributed by atoms with Gasteiger partial charge < -0.3 is 5.32 Å². The molecule has 0 spiro atoms. The molecule has 2 saturated heterocycles. The lowest BCUT2D eigenvalue weighted by Crippen LogP contribution is -2.26. The van der Waals surface area contributed by atoms with Gasteiger partial charge in [0.15, 0.2) is 5.82 Å². The molecule has 17 heavy (non-hydrogen) atoms. The Morgan fingerprint density at radius 1 is 1.18 bits per heavy atom. The first-order valence-electron chi connectivity index (χ1n) is 6.60. The molecule has 0 amide bonds. The summed E-state index contributed by atoms with van der Waals surface area (Å²) in [5, 5.41) is 15.6. The topological polar surface area (TPSA) is 58.9 Å². The van der Waals surface area contributed by atoms with Crippen molar-refractivity contribution in [2.45, 2.75) is 25.4 Å². The Hall–Kier alpha value is -1.01. The van der Waals surface area contributed by atoms with Gasteiger partial charge >= 0.3 is 0 Å². The minimum atomic E-state index is 0.587. The van der Waals surface area contributed by atoms with Gasteiger partial charge in [-0.2, -0.15) is 0 Å². The Bertz CT molecular complexity index is 400. The summed E-state index contributed by atoms with van der Waals surface area (Å²) < 4.78 is 2.03. The van der Waals surface area contributed by atoms with Crippen molar-refractivity contribution in [2.75, 3.05) is 26.2 Å². The lowest BCUT2D eigenvalue weighted by atomic mass is 10.0. The maximum atomic E-state index is 4.18. The average Bonchev–Trinajstić information content (AvgIpc) is 2.72. The highest BCUT2D eigenvalue weighted by Crippen LogP contribution is 2.35. The first kappa shape index (κ1) is 9.96. The van der Waals surface area contributed by atoms with Crippen molar-refractivity contribution in [2.24, 2.45) is 11.8 Å². The van der Waals surface area contributed by atoms with Crippen LogP contribution in [0.2, 0.25) is 0 Å². The molecule has 6 nitrogen and oxygen atoms in total. The van der Waals surface area contributed by atoms with Crippen LogP contribution in [0.3, 0.4) is 0 Å². The second-order valence-electron chi connectivity index (χ2n) is 5.64. The smallest absolute Gasteiger partial charge is 0.165 e. The van der Waals surface area contributed by atoms with Gasteiger partial charge in [0.25, 0.3) is 0 Å². The molecular weight excluding hydrogens is 216 g/mol. The lowest BCUT2D eigenvalue weighted by Gasteiger charge is -2.15. The van der Waals surface area contributed by atoms with E-state index in [4.69, 9.17) is 0 Å². The van der Waals surface area contributed by atoms with Crippen LogP contribution in [-0.4, -0.2) is 51.3 Å². The Kier molecular flexibility index (Phi) is 2.19. The van der Waals surface area contributed by atoms with E-state index in [1.165, 1.54) is 39.0 Å². The van der Waals surface area contributed by atoms with Crippen LogP contribution in [0, 0.1) is 11.8 Å². The minimum absolute atomic E-state index is 0.587. The van der Waals surface area contributed by atoms with Gasteiger partial charge in [-0.15, -0.1) is 5.10 Å². The second kappa shape index (κ2) is 3.74. The van der Waals surface area contributed by atoms with E-state index in [9.17, 15) is 0 Å². The maximum Gasteiger partial charge on any atom is 0.165 e. The molecule has 1 aromatic heterocycles. The van der Waals surface area contributed by atoms with Crippen LogP contribution in [0.25, 0.3) is 0 Å². The SMILES string of the molecule is C1NCC2CN(Cc3nnnn3C3CC3)CC12. The molecule has 3 fully saturated rings. The highest BCUT2D eigenvalue weighted by molar-refractivity contribution is 4.95. The van der Waals surface area contributed by atoms with E-state index >= 15 is 0 Å². The number of nitrogens with one attached hydrogen (secondary N) is 1. The van der Waals surface area contributed by atoms with E-state index in [1.807, 2.05) is 4.68 Å². The quantitative estimate of drug-likeness (QED) is 0.775. The van der Waals surface area contributed by atoms with Gasteiger partial charge in [-0.05, 0) is 48.2 Å². The Morgan fingerprint density at radius 3 is 2.65 bits per heavy atom. The number of tetrazole rings is 1. The number of likely N-dealkylation sites (tertiary alicyclic amines) is 1. The van der Waals surface area contributed by atoms with Crippen molar-refractivity contribution < 1.29 is 0 Å². The zero-order chi connectivity index (χ0) is 11.2. The minimum Gasteiger partial charge on any atom is -0.316 e. The van der Waals surface area contributed by atoms with Crippen molar-refractivity contribution in [1.82, 2.24) is 30.4 Å². The number of hydrogen-bond donors (Lipinski definition) is 1. The van der Waals surface area contributed by atoms with Gasteiger partial charge in [-0.25, -0.2) is 4.68 Å². The molecule has 2 unspecified atom stereocenters. The number of aromatic nitrogens is 4. The fraction of sp³-hybridized carbons (Fsp3) is 0.909. The van der Waals surface area contributed by atoms with Crippen molar-refractivity contribution in [3.05, 3.63) is 5.82 Å². The summed E-state index contributed by atoms with van der Waals surface area (Å²) in [7, 11) is 0. The zero-order valence-corrected chi connectivity index (χ0v) is 9.92. The van der Waals surface area contributed by atoms with Crippen molar-refractivity contribution in [1.29, 1.82) is 0 Å². The predicted octanol–water partition coefficient (Wildman–Crippen LogP) is -0.341. The van der Waals surface area contributed by atoms with Gasteiger partial charge in [0.2, 0.25) is 0 Å². The van der Waals surface area contributed by atoms with Crippen LogP contribution >= 0.6 is 0 Å². The van der Waals surface area contributed by atoms with Crippen molar-refractivity contribution in [3.63, 3.8) is 0 Å². The van der Waals surface area contributed by atoms with E-state index in [0.717, 1.165) is 24.2 Å². The van der Waals surface area contributed by atoms with Crippen LogP contribution in [0.1, 0.15) is 24.7 Å². The molecule has 3 aliphatic rings. The largest absolute Gasteiger partial charge is 0.316 e. The molecule has 2 aliphatic heterocycles. The Balaban J connectivity index is 1.45. The molecule has 2 atom stereocenters. The van der Waals surface area contributed by atoms with Gasteiger partial charge in [0.1, 0.15) is 0 Å². The zero-order valence-electron chi connectivity index (χ0n) is 9.92. The molecule has 1 N–H and O–H groups in total. The molecule has 1 aliphatic carbocycles. The molecule has 1 aromatic rings. The summed E-state index contributed by atoms with van der Waals surface area (Å²) in [6, 6.07) is 0.587. The monoisotopic (exact) mass is 234 g/mol. The van der Waals surface area contributed by atoms with Crippen LogP contribution in [0.5, 0.6) is 0 Å². The first-order chi connectivity index (χ1) is 8.40. The van der Waals surface area contributed by atoms with Crippen LogP contribution in [-0.2, 0) is 6.54 Å². The molecule has 3 heterocycles. The second-order valence-corrected chi connectivity index (χ2v) is 5.64. The summed E-state index contributed by atoms with van der Waals surface area (Å²) in [6.07, 6.45) is 2.49. The van der Waals surface area contributed by atoms with E-state index in [1.54, 1.807) is 0 Å². The summed E-state index contributed by atoms with van der Waals surface area (Å²) in [5.74, 6) is 2.75. The highest BCUT2D eigenvalue weighted by Gasteiger charge is 2.37. The first-order valence-corrected chi connectivity index (χ1v) is 6.60. The van der Waals surface area contributed by atoms with E-state index in [-0.39, 0.29) is 0 Å². The molecule has 0 bridgehead atoms. The van der Waals surface area contributed by atoms with Gasteiger partial charge in [-0.1, -0.05) is 0 Å². The van der Waals surface area contributed by atoms with Crippen LogP contribution < -0.4 is 5.32 Å². The fourth-order valence-electron chi connectivity index (χ4n) is 3.20. The van der Waals surface area contributed by atoms with Gasteiger partial charge in [0.05, 0.1) is 12.6 Å². The summed E-state index contributed by atoms with van der Waals surface area (Å²) in [6.45, 7) is 5.71. The molecule has 1 saturated carbocycles. The molecule has 6 heteroatoms. The number of nitrogens with zero attached hydrogens (tertiary/aromatic N) is 5.